The molecule has 1 aromatic heterocycles. The molecule has 3 N–H and O–H groups in total. The van der Waals surface area contributed by atoms with Crippen molar-refractivity contribution < 1.29 is 9.59 Å². The summed E-state index contributed by atoms with van der Waals surface area (Å²) in [7, 11) is 0. The molecule has 150 valence electrons. The molecule has 0 aliphatic heterocycles. The first-order valence-electron chi connectivity index (χ1n) is 9.30. The van der Waals surface area contributed by atoms with Crippen LogP contribution in [0.4, 0.5) is 16.2 Å². The van der Waals surface area contributed by atoms with Crippen molar-refractivity contribution in [2.24, 2.45) is 0 Å². The van der Waals surface area contributed by atoms with E-state index in [4.69, 9.17) is 11.6 Å². The summed E-state index contributed by atoms with van der Waals surface area (Å²) in [6.45, 7) is 6.24. The molecule has 0 fully saturated rings. The molecule has 3 rings (SSSR count). The molecule has 0 unspecified atom stereocenters. The Kier molecular flexibility index (Phi) is 6.24. The van der Waals surface area contributed by atoms with Gasteiger partial charge in [0.05, 0.1) is 5.56 Å². The summed E-state index contributed by atoms with van der Waals surface area (Å²) in [5, 5.41) is 8.96. The standard InChI is InChI=1S/C22H23ClN4O2/c1-4-24-22(29)26-18-7-5-6-17(13-18)25-21(28)20-12-14(2)27(15(20)3)19-10-8-16(23)9-11-19/h5-13H,4H2,1-3H3,(H,25,28)(H2,24,26,29). The number of nitrogens with one attached hydrogen (secondary N) is 3. The quantitative estimate of drug-likeness (QED) is 0.544. The van der Waals surface area contributed by atoms with E-state index in [1.165, 1.54) is 0 Å². The summed E-state index contributed by atoms with van der Waals surface area (Å²) in [5.74, 6) is -0.214. The van der Waals surface area contributed by atoms with Gasteiger partial charge in [0.2, 0.25) is 0 Å². The Morgan fingerprint density at radius 2 is 1.62 bits per heavy atom. The lowest BCUT2D eigenvalue weighted by Gasteiger charge is -2.11. The first kappa shape index (κ1) is 20.5. The minimum absolute atomic E-state index is 0.214. The van der Waals surface area contributed by atoms with Crippen LogP contribution in [0.2, 0.25) is 5.02 Å². The highest BCUT2D eigenvalue weighted by molar-refractivity contribution is 6.30. The van der Waals surface area contributed by atoms with Gasteiger partial charge in [0, 0.05) is 40.0 Å². The largest absolute Gasteiger partial charge is 0.338 e. The van der Waals surface area contributed by atoms with E-state index in [0.717, 1.165) is 17.1 Å². The lowest BCUT2D eigenvalue weighted by atomic mass is 10.2. The lowest BCUT2D eigenvalue weighted by molar-refractivity contribution is 0.102. The van der Waals surface area contributed by atoms with Crippen LogP contribution in [-0.2, 0) is 0 Å². The van der Waals surface area contributed by atoms with Gasteiger partial charge in [-0.2, -0.15) is 0 Å². The second-order valence-electron chi connectivity index (χ2n) is 6.62. The fraction of sp³-hybridized carbons (Fsp3) is 0.182. The summed E-state index contributed by atoms with van der Waals surface area (Å²) >= 11 is 5.98. The van der Waals surface area contributed by atoms with E-state index >= 15 is 0 Å². The zero-order valence-electron chi connectivity index (χ0n) is 16.5. The number of benzene rings is 2. The van der Waals surface area contributed by atoms with E-state index in [9.17, 15) is 9.59 Å². The number of hydrogen-bond donors (Lipinski definition) is 3. The molecule has 2 aromatic carbocycles. The van der Waals surface area contributed by atoms with Gasteiger partial charge in [-0.3, -0.25) is 4.79 Å². The number of aromatic nitrogens is 1. The maximum Gasteiger partial charge on any atom is 0.319 e. The maximum atomic E-state index is 12.9. The Labute approximate surface area is 174 Å². The molecule has 0 saturated heterocycles. The van der Waals surface area contributed by atoms with Crippen molar-refractivity contribution in [3.63, 3.8) is 0 Å². The number of hydrogen-bond acceptors (Lipinski definition) is 2. The van der Waals surface area contributed by atoms with Gasteiger partial charge >= 0.3 is 6.03 Å². The smallest absolute Gasteiger partial charge is 0.319 e. The molecule has 7 heteroatoms. The Bertz CT molecular complexity index is 1040. The molecule has 0 atom stereocenters. The number of aryl methyl sites for hydroxylation is 1. The van der Waals surface area contributed by atoms with E-state index in [2.05, 4.69) is 16.0 Å². The molecule has 3 aromatic rings. The SMILES string of the molecule is CCNC(=O)Nc1cccc(NC(=O)c2cc(C)n(-c3ccc(Cl)cc3)c2C)c1. The molecule has 0 bridgehead atoms. The van der Waals surface area contributed by atoms with Crippen molar-refractivity contribution >= 4 is 34.9 Å². The van der Waals surface area contributed by atoms with Crippen molar-refractivity contribution in [3.05, 3.63) is 76.6 Å². The molecule has 0 aliphatic carbocycles. The highest BCUT2D eigenvalue weighted by Crippen LogP contribution is 2.23. The minimum Gasteiger partial charge on any atom is -0.338 e. The number of carbonyl (C=O) groups is 2. The highest BCUT2D eigenvalue weighted by atomic mass is 35.5. The molecular formula is C22H23ClN4O2. The van der Waals surface area contributed by atoms with Gasteiger partial charge in [-0.05, 0) is 69.3 Å². The van der Waals surface area contributed by atoms with E-state index in [0.29, 0.717) is 28.5 Å². The Morgan fingerprint density at radius 3 is 2.28 bits per heavy atom. The minimum atomic E-state index is -0.289. The van der Waals surface area contributed by atoms with Crippen LogP contribution in [0.3, 0.4) is 0 Å². The molecule has 0 saturated carbocycles. The van der Waals surface area contributed by atoms with Crippen LogP contribution in [0.5, 0.6) is 0 Å². The van der Waals surface area contributed by atoms with Gasteiger partial charge in [-0.15, -0.1) is 0 Å². The van der Waals surface area contributed by atoms with Crippen molar-refractivity contribution in [1.29, 1.82) is 0 Å². The van der Waals surface area contributed by atoms with Gasteiger partial charge in [-0.1, -0.05) is 17.7 Å². The summed E-state index contributed by atoms with van der Waals surface area (Å²) < 4.78 is 2.01. The monoisotopic (exact) mass is 410 g/mol. The first-order valence-corrected chi connectivity index (χ1v) is 9.68. The third-order valence-electron chi connectivity index (χ3n) is 4.48. The van der Waals surface area contributed by atoms with Crippen molar-refractivity contribution in [2.75, 3.05) is 17.2 Å². The zero-order valence-corrected chi connectivity index (χ0v) is 17.3. The predicted molar refractivity (Wildman–Crippen MR) is 117 cm³/mol. The fourth-order valence-electron chi connectivity index (χ4n) is 3.19. The first-order chi connectivity index (χ1) is 13.9. The number of nitrogens with zero attached hydrogens (tertiary/aromatic N) is 1. The zero-order chi connectivity index (χ0) is 21.0. The number of halogens is 1. The van der Waals surface area contributed by atoms with E-state index in [1.54, 1.807) is 24.3 Å². The molecular weight excluding hydrogens is 388 g/mol. The van der Waals surface area contributed by atoms with Gasteiger partial charge < -0.3 is 20.5 Å². The van der Waals surface area contributed by atoms with Crippen molar-refractivity contribution in [3.8, 4) is 5.69 Å². The molecule has 6 nitrogen and oxygen atoms in total. The highest BCUT2D eigenvalue weighted by Gasteiger charge is 2.17. The summed E-state index contributed by atoms with van der Waals surface area (Å²) in [5.41, 5.74) is 4.50. The predicted octanol–water partition coefficient (Wildman–Crippen LogP) is 5.14. The molecule has 1 heterocycles. The van der Waals surface area contributed by atoms with Crippen molar-refractivity contribution in [1.82, 2.24) is 9.88 Å². The molecule has 29 heavy (non-hydrogen) atoms. The number of amides is 3. The number of anilines is 2. The number of carbonyl (C=O) groups excluding carboxylic acids is 2. The fourth-order valence-corrected chi connectivity index (χ4v) is 3.32. The maximum absolute atomic E-state index is 12.9. The topological polar surface area (TPSA) is 75.2 Å². The third kappa shape index (κ3) is 4.78. The second-order valence-corrected chi connectivity index (χ2v) is 7.05. The van der Waals surface area contributed by atoms with Crippen LogP contribution < -0.4 is 16.0 Å². The van der Waals surface area contributed by atoms with Gasteiger partial charge in [0.1, 0.15) is 0 Å². The normalized spacial score (nSPS) is 10.5. The van der Waals surface area contributed by atoms with Gasteiger partial charge in [0.25, 0.3) is 5.91 Å². The van der Waals surface area contributed by atoms with Crippen LogP contribution >= 0.6 is 11.6 Å². The van der Waals surface area contributed by atoms with Crippen LogP contribution in [0.15, 0.2) is 54.6 Å². The molecule has 0 aliphatic rings. The Balaban J connectivity index is 1.81. The number of urea groups is 1. The van der Waals surface area contributed by atoms with E-state index in [1.807, 2.05) is 55.7 Å². The summed E-state index contributed by atoms with van der Waals surface area (Å²) in [4.78, 5) is 24.6. The molecule has 0 spiro atoms. The Hall–Kier alpha value is -3.25. The summed E-state index contributed by atoms with van der Waals surface area (Å²) in [6, 6.07) is 16.1. The lowest BCUT2D eigenvalue weighted by Crippen LogP contribution is -2.28. The van der Waals surface area contributed by atoms with Crippen LogP contribution in [0.1, 0.15) is 28.7 Å². The van der Waals surface area contributed by atoms with Gasteiger partial charge in [0.15, 0.2) is 0 Å². The average Bonchev–Trinajstić information content (AvgIpc) is 2.97. The molecule has 0 radical (unpaired) electrons. The van der Waals surface area contributed by atoms with Crippen molar-refractivity contribution in [2.45, 2.75) is 20.8 Å². The summed E-state index contributed by atoms with van der Waals surface area (Å²) in [6.07, 6.45) is 0. The van der Waals surface area contributed by atoms with Crippen LogP contribution in [-0.4, -0.2) is 23.1 Å². The second kappa shape index (κ2) is 8.84. The van der Waals surface area contributed by atoms with E-state index < -0.39 is 0 Å². The Morgan fingerprint density at radius 1 is 0.966 bits per heavy atom. The third-order valence-corrected chi connectivity index (χ3v) is 4.73. The van der Waals surface area contributed by atoms with E-state index in [-0.39, 0.29) is 11.9 Å². The molecule has 3 amide bonds. The number of rotatable bonds is 5. The average molecular weight is 411 g/mol. The van der Waals surface area contributed by atoms with Gasteiger partial charge in [-0.25, -0.2) is 4.79 Å². The van der Waals surface area contributed by atoms with Crippen LogP contribution in [0, 0.1) is 13.8 Å². The van der Waals surface area contributed by atoms with Crippen LogP contribution in [0.25, 0.3) is 5.69 Å².